The van der Waals surface area contributed by atoms with Crippen molar-refractivity contribution in [2.24, 2.45) is 5.92 Å². The van der Waals surface area contributed by atoms with Crippen molar-refractivity contribution in [3.05, 3.63) is 46.4 Å². The molecule has 1 aliphatic carbocycles. The maximum absolute atomic E-state index is 11.9. The number of hydrogen-bond acceptors (Lipinski definition) is 7. The summed E-state index contributed by atoms with van der Waals surface area (Å²) in [4.78, 5) is 33.9. The lowest BCUT2D eigenvalue weighted by atomic mass is 9.76. The molecular formula is C30H42N8O2. The molecule has 6 rings (SSSR count). The minimum absolute atomic E-state index is 0.132. The van der Waals surface area contributed by atoms with E-state index in [9.17, 15) is 4.79 Å². The van der Waals surface area contributed by atoms with E-state index in [1.165, 1.54) is 24.8 Å². The Balaban J connectivity index is 1.02. The fourth-order valence-corrected chi connectivity index (χ4v) is 6.40. The van der Waals surface area contributed by atoms with Crippen LogP contribution in [0.1, 0.15) is 84.3 Å². The summed E-state index contributed by atoms with van der Waals surface area (Å²) in [5.74, 6) is 2.07. The first-order valence-corrected chi connectivity index (χ1v) is 14.7. The first-order chi connectivity index (χ1) is 19.0. The molecule has 0 radical (unpaired) electrons. The lowest BCUT2D eigenvalue weighted by molar-refractivity contribution is -0.0393. The van der Waals surface area contributed by atoms with Crippen LogP contribution in [0, 0.1) is 5.92 Å². The Bertz CT molecular complexity index is 1560. The molecule has 2 unspecified atom stereocenters. The maximum Gasteiger partial charge on any atom is 0.348 e. The molecule has 4 N–H and O–H groups in total. The molecule has 214 valence electrons. The molecule has 0 amide bonds. The Morgan fingerprint density at radius 2 is 1.98 bits per heavy atom. The number of nitrogens with one attached hydrogen (secondary N) is 2. The highest BCUT2D eigenvalue weighted by Crippen LogP contribution is 2.38. The Kier molecular flexibility index (Phi) is 6.94. The van der Waals surface area contributed by atoms with E-state index >= 15 is 0 Å². The number of ether oxygens (including phenoxy) is 1. The van der Waals surface area contributed by atoms with Gasteiger partial charge in [0.1, 0.15) is 23.4 Å². The average Bonchev–Trinajstić information content (AvgIpc) is 3.58. The van der Waals surface area contributed by atoms with Gasteiger partial charge in [-0.1, -0.05) is 26.8 Å². The van der Waals surface area contributed by atoms with Gasteiger partial charge in [-0.05, 0) is 75.0 Å². The van der Waals surface area contributed by atoms with Gasteiger partial charge in [0.15, 0.2) is 5.65 Å². The number of nitrogens with two attached hydrogens (primary N) is 1. The van der Waals surface area contributed by atoms with Crippen molar-refractivity contribution in [2.45, 2.75) is 103 Å². The minimum Gasteiger partial charge on any atom is -0.383 e. The van der Waals surface area contributed by atoms with E-state index in [1.54, 1.807) is 6.33 Å². The van der Waals surface area contributed by atoms with Gasteiger partial charge in [0, 0.05) is 25.0 Å². The molecule has 40 heavy (non-hydrogen) atoms. The second-order valence-electron chi connectivity index (χ2n) is 13.1. The number of rotatable bonds is 8. The molecule has 1 saturated heterocycles. The number of fused-ring (bicyclic) bond motifs is 2. The van der Waals surface area contributed by atoms with Crippen LogP contribution in [0.3, 0.4) is 0 Å². The van der Waals surface area contributed by atoms with Gasteiger partial charge in [0.2, 0.25) is 0 Å². The number of benzene rings is 1. The van der Waals surface area contributed by atoms with E-state index in [0.717, 1.165) is 48.6 Å². The smallest absolute Gasteiger partial charge is 0.348 e. The molecule has 4 heterocycles. The Morgan fingerprint density at radius 3 is 2.73 bits per heavy atom. The lowest BCUT2D eigenvalue weighted by Crippen LogP contribution is -2.50. The summed E-state index contributed by atoms with van der Waals surface area (Å²) in [6, 6.07) is 7.64. The summed E-state index contributed by atoms with van der Waals surface area (Å²) in [7, 11) is 0. The maximum atomic E-state index is 11.9. The van der Waals surface area contributed by atoms with Gasteiger partial charge < -0.3 is 15.5 Å². The molecule has 2 aliphatic rings. The van der Waals surface area contributed by atoms with Crippen molar-refractivity contribution in [1.82, 2.24) is 34.4 Å². The molecule has 3 aromatic heterocycles. The van der Waals surface area contributed by atoms with Crippen molar-refractivity contribution in [3.8, 4) is 0 Å². The number of imidazole rings is 2. The lowest BCUT2D eigenvalue weighted by Gasteiger charge is -2.46. The van der Waals surface area contributed by atoms with Crippen LogP contribution >= 0.6 is 0 Å². The number of aryl methyl sites for hydroxylation is 1. The molecule has 2 atom stereocenters. The Morgan fingerprint density at radius 1 is 1.18 bits per heavy atom. The number of aromatic amines is 2. The molecule has 1 saturated carbocycles. The van der Waals surface area contributed by atoms with Crippen LogP contribution < -0.4 is 11.4 Å². The van der Waals surface area contributed by atoms with E-state index < -0.39 is 5.69 Å². The monoisotopic (exact) mass is 546 g/mol. The number of H-pyrrole nitrogens is 2. The predicted octanol–water partition coefficient (Wildman–Crippen LogP) is 4.68. The van der Waals surface area contributed by atoms with Gasteiger partial charge >= 0.3 is 5.69 Å². The van der Waals surface area contributed by atoms with Gasteiger partial charge in [-0.3, -0.25) is 14.5 Å². The van der Waals surface area contributed by atoms with E-state index in [4.69, 9.17) is 15.5 Å². The van der Waals surface area contributed by atoms with Crippen LogP contribution in [0.5, 0.6) is 0 Å². The fraction of sp³-hybridized carbons (Fsp3) is 0.600. The van der Waals surface area contributed by atoms with Gasteiger partial charge in [0.05, 0.1) is 23.5 Å². The molecule has 0 bridgehead atoms. The average molecular weight is 547 g/mol. The van der Waals surface area contributed by atoms with Gasteiger partial charge in [-0.2, -0.15) is 4.98 Å². The molecule has 1 aromatic carbocycles. The Hall–Kier alpha value is -3.24. The topological polar surface area (TPSA) is 131 Å². The second kappa shape index (κ2) is 10.3. The summed E-state index contributed by atoms with van der Waals surface area (Å²) >= 11 is 0. The Labute approximate surface area is 234 Å². The molecule has 0 spiro atoms. The first-order valence-electron chi connectivity index (χ1n) is 14.7. The normalized spacial score (nSPS) is 23.6. The van der Waals surface area contributed by atoms with Crippen molar-refractivity contribution < 1.29 is 4.74 Å². The molecule has 4 aromatic rings. The van der Waals surface area contributed by atoms with Crippen LogP contribution in [-0.2, 0) is 16.6 Å². The highest BCUT2D eigenvalue weighted by Gasteiger charge is 2.37. The van der Waals surface area contributed by atoms with Crippen LogP contribution in [0.15, 0.2) is 29.3 Å². The largest absolute Gasteiger partial charge is 0.383 e. The standard InChI is InChI=1S/C30H42N8O2/c1-17(2)37(15-21-8-11-25(40-21)38-16-32-26-27(31)35-29(39)36-28(26)38)20-12-18(13-20)6-10-24-33-22-9-7-19(30(3,4)5)14-23(22)34-24/h7,9,14,16-18,20-21,25H,6,8,10-13,15H2,1-5H3,(H,33,34)(H3,31,35,36,39). The number of nitrogen functional groups attached to an aromatic ring is 1. The highest BCUT2D eigenvalue weighted by atomic mass is 16.5. The number of nitrogens with zero attached hydrogens (tertiary/aromatic N) is 5. The van der Waals surface area contributed by atoms with Crippen molar-refractivity contribution in [1.29, 1.82) is 0 Å². The van der Waals surface area contributed by atoms with Gasteiger partial charge in [0.25, 0.3) is 0 Å². The molecule has 2 fully saturated rings. The van der Waals surface area contributed by atoms with Crippen LogP contribution in [0.4, 0.5) is 5.82 Å². The number of aromatic nitrogens is 6. The van der Waals surface area contributed by atoms with Crippen molar-refractivity contribution in [3.63, 3.8) is 0 Å². The van der Waals surface area contributed by atoms with Gasteiger partial charge in [-0.25, -0.2) is 14.8 Å². The van der Waals surface area contributed by atoms with Crippen LogP contribution in [0.2, 0.25) is 0 Å². The number of hydrogen-bond donors (Lipinski definition) is 3. The van der Waals surface area contributed by atoms with Gasteiger partial charge in [-0.15, -0.1) is 0 Å². The number of anilines is 1. The molecular weight excluding hydrogens is 504 g/mol. The SMILES string of the molecule is CC(C)N(CC1CCC(n2cnc3c(N)[nH]c(=O)nc32)O1)C1CC(CCc2nc3ccc(C(C)(C)C)cc3[nH]2)C1. The zero-order chi connectivity index (χ0) is 28.2. The summed E-state index contributed by atoms with van der Waals surface area (Å²) in [5, 5.41) is 0. The summed E-state index contributed by atoms with van der Waals surface area (Å²) in [5.41, 5.74) is 10.1. The van der Waals surface area contributed by atoms with E-state index in [-0.39, 0.29) is 23.6 Å². The van der Waals surface area contributed by atoms with E-state index in [2.05, 4.69) is 77.7 Å². The third-order valence-corrected chi connectivity index (χ3v) is 8.81. The van der Waals surface area contributed by atoms with E-state index in [1.807, 2.05) is 4.57 Å². The third kappa shape index (κ3) is 5.26. The van der Waals surface area contributed by atoms with E-state index in [0.29, 0.717) is 23.2 Å². The summed E-state index contributed by atoms with van der Waals surface area (Å²) in [6.07, 6.45) is 8.06. The predicted molar refractivity (Wildman–Crippen MR) is 157 cm³/mol. The molecule has 1 aliphatic heterocycles. The van der Waals surface area contributed by atoms with Crippen LogP contribution in [-0.4, -0.2) is 59.1 Å². The molecule has 10 nitrogen and oxygen atoms in total. The van der Waals surface area contributed by atoms with Crippen molar-refractivity contribution >= 4 is 28.0 Å². The fourth-order valence-electron chi connectivity index (χ4n) is 6.40. The summed E-state index contributed by atoms with van der Waals surface area (Å²) in [6.45, 7) is 12.2. The summed E-state index contributed by atoms with van der Waals surface area (Å²) < 4.78 is 8.31. The quantitative estimate of drug-likeness (QED) is 0.293. The van der Waals surface area contributed by atoms with Crippen LogP contribution in [0.25, 0.3) is 22.2 Å². The minimum atomic E-state index is -0.471. The third-order valence-electron chi connectivity index (χ3n) is 8.81. The zero-order valence-electron chi connectivity index (χ0n) is 24.3. The zero-order valence-corrected chi connectivity index (χ0v) is 24.3. The second-order valence-corrected chi connectivity index (χ2v) is 13.1. The highest BCUT2D eigenvalue weighted by molar-refractivity contribution is 5.81. The first kappa shape index (κ1) is 27.0. The van der Waals surface area contributed by atoms with Crippen molar-refractivity contribution in [2.75, 3.05) is 12.3 Å². The molecule has 10 heteroatoms.